The molecule has 2 aromatic rings. The molecular formula is C21H20N5O5S2+. The highest BCUT2D eigenvalue weighted by Crippen LogP contribution is 2.40. The Morgan fingerprint density at radius 2 is 2.15 bits per heavy atom. The van der Waals surface area contributed by atoms with Crippen molar-refractivity contribution in [3.8, 4) is 0 Å². The first-order valence-electron chi connectivity index (χ1n) is 10.3. The largest absolute Gasteiger partial charge is 0.477 e. The normalized spacial score (nSPS) is 21.3. The number of carboxylic acid groups (broad SMARTS) is 1. The van der Waals surface area contributed by atoms with Crippen LogP contribution in [-0.4, -0.2) is 55.7 Å². The summed E-state index contributed by atoms with van der Waals surface area (Å²) < 4.78 is 2.06. The quantitative estimate of drug-likeness (QED) is 0.226. The molecule has 5 rings (SSSR count). The van der Waals surface area contributed by atoms with E-state index in [1.807, 2.05) is 12.3 Å². The Morgan fingerprint density at radius 3 is 2.88 bits per heavy atom. The Balaban J connectivity index is 1.35. The molecule has 0 unspecified atom stereocenters. The first kappa shape index (κ1) is 21.6. The molecule has 2 atom stereocenters. The van der Waals surface area contributed by atoms with Crippen LogP contribution in [0.2, 0.25) is 0 Å². The van der Waals surface area contributed by atoms with Crippen LogP contribution >= 0.6 is 23.1 Å². The lowest BCUT2D eigenvalue weighted by molar-refractivity contribution is -0.696. The van der Waals surface area contributed by atoms with Crippen LogP contribution in [0.15, 0.2) is 35.0 Å². The van der Waals surface area contributed by atoms with Crippen LogP contribution in [0.3, 0.4) is 0 Å². The number of carbonyl (C=O) groups is 4. The summed E-state index contributed by atoms with van der Waals surface area (Å²) in [6, 6.07) is 3.06. The zero-order valence-corrected chi connectivity index (χ0v) is 18.9. The molecule has 1 fully saturated rings. The van der Waals surface area contributed by atoms with Gasteiger partial charge in [-0.05, 0) is 18.9 Å². The molecule has 1 aliphatic carbocycles. The lowest BCUT2D eigenvalue weighted by atomic mass is 10.0. The number of anilines is 1. The van der Waals surface area contributed by atoms with Gasteiger partial charge in [-0.1, -0.05) is 0 Å². The van der Waals surface area contributed by atoms with Crippen molar-refractivity contribution in [1.29, 1.82) is 0 Å². The number of nitrogens with two attached hydrogens (primary N) is 1. The summed E-state index contributed by atoms with van der Waals surface area (Å²) in [6.07, 6.45) is 4.96. The Morgan fingerprint density at radius 1 is 1.33 bits per heavy atom. The number of rotatable bonds is 6. The van der Waals surface area contributed by atoms with Gasteiger partial charge in [-0.15, -0.1) is 23.1 Å². The summed E-state index contributed by atoms with van der Waals surface area (Å²) in [5, 5.41) is 13.3. The third-order valence-corrected chi connectivity index (χ3v) is 8.01. The number of aryl methyl sites for hydroxylation is 1. The summed E-state index contributed by atoms with van der Waals surface area (Å²) in [5.41, 5.74) is 8.48. The molecule has 0 bridgehead atoms. The molecule has 3 aliphatic rings. The number of aromatic nitrogens is 2. The molecule has 10 nitrogen and oxygen atoms in total. The van der Waals surface area contributed by atoms with Crippen LogP contribution < -0.4 is 15.6 Å². The number of hydrogen-bond donors (Lipinski definition) is 3. The Labute approximate surface area is 196 Å². The lowest BCUT2D eigenvalue weighted by Gasteiger charge is -2.49. The monoisotopic (exact) mass is 486 g/mol. The molecule has 33 heavy (non-hydrogen) atoms. The molecule has 0 saturated carbocycles. The fraction of sp³-hybridized carbons (Fsp3) is 0.333. The van der Waals surface area contributed by atoms with Gasteiger partial charge in [-0.25, -0.2) is 9.78 Å². The molecule has 170 valence electrons. The topological polar surface area (TPSA) is 147 Å². The number of aliphatic carboxylic acids is 1. The number of pyridine rings is 1. The average molecular weight is 487 g/mol. The molecular weight excluding hydrogens is 466 g/mol. The maximum Gasteiger partial charge on any atom is 0.352 e. The van der Waals surface area contributed by atoms with E-state index in [-0.39, 0.29) is 16.5 Å². The number of fused-ring (bicyclic) bond motifs is 2. The second-order valence-corrected chi connectivity index (χ2v) is 9.97. The van der Waals surface area contributed by atoms with Gasteiger partial charge in [0.05, 0.1) is 0 Å². The summed E-state index contributed by atoms with van der Waals surface area (Å²) >= 11 is 2.40. The Kier molecular flexibility index (Phi) is 5.41. The number of thioether (sulfide) groups is 1. The van der Waals surface area contributed by atoms with Gasteiger partial charge < -0.3 is 16.2 Å². The van der Waals surface area contributed by atoms with Crippen LogP contribution in [0.25, 0.3) is 0 Å². The molecule has 4 N–H and O–H groups in total. The van der Waals surface area contributed by atoms with Gasteiger partial charge in [0.1, 0.15) is 22.8 Å². The van der Waals surface area contributed by atoms with Crippen molar-refractivity contribution in [2.24, 2.45) is 0 Å². The van der Waals surface area contributed by atoms with E-state index < -0.39 is 35.0 Å². The number of hydrogen-bond acceptors (Lipinski definition) is 8. The fourth-order valence-electron chi connectivity index (χ4n) is 4.49. The van der Waals surface area contributed by atoms with Crippen LogP contribution in [-0.2, 0) is 33.8 Å². The van der Waals surface area contributed by atoms with E-state index >= 15 is 0 Å². The number of amides is 2. The molecule has 0 radical (unpaired) electrons. The van der Waals surface area contributed by atoms with Crippen LogP contribution in [0, 0.1) is 0 Å². The predicted octanol–water partition coefficient (Wildman–Crippen LogP) is 0.123. The highest BCUT2D eigenvalue weighted by molar-refractivity contribution is 8.00. The maximum atomic E-state index is 12.8. The summed E-state index contributed by atoms with van der Waals surface area (Å²) in [7, 11) is 0. The van der Waals surface area contributed by atoms with E-state index in [0.717, 1.165) is 30.6 Å². The number of carbonyl (C=O) groups excluding carboxylic acids is 3. The molecule has 4 heterocycles. The molecule has 2 aromatic heterocycles. The van der Waals surface area contributed by atoms with E-state index in [2.05, 4.69) is 20.9 Å². The first-order chi connectivity index (χ1) is 15.8. The number of nitrogens with one attached hydrogen (secondary N) is 1. The number of β-lactam (4-membered cyclic amide) rings is 1. The van der Waals surface area contributed by atoms with Gasteiger partial charge in [0.25, 0.3) is 17.6 Å². The fourth-order valence-corrected chi connectivity index (χ4v) is 6.36. The zero-order valence-electron chi connectivity index (χ0n) is 17.3. The minimum Gasteiger partial charge on any atom is -0.477 e. The molecule has 2 amide bonds. The Bertz CT molecular complexity index is 1240. The molecule has 0 spiro atoms. The first-order valence-corrected chi connectivity index (χ1v) is 12.2. The smallest absolute Gasteiger partial charge is 0.352 e. The van der Waals surface area contributed by atoms with E-state index in [0.29, 0.717) is 17.9 Å². The molecule has 0 aromatic carbocycles. The highest BCUT2D eigenvalue weighted by atomic mass is 32.2. The van der Waals surface area contributed by atoms with Crippen molar-refractivity contribution in [2.45, 2.75) is 37.2 Å². The van der Waals surface area contributed by atoms with Crippen LogP contribution in [0.1, 0.15) is 28.2 Å². The SMILES string of the molecule is Nc1nc(C(=O)C(=O)N[C@@H]2C(=O)N3C(C(=O)O)=C(C[n+]4cccc5c4CCC5)CS[C@H]23)cs1. The zero-order chi connectivity index (χ0) is 23.3. The summed E-state index contributed by atoms with van der Waals surface area (Å²) in [5.74, 6) is -3.20. The van der Waals surface area contributed by atoms with Crippen molar-refractivity contribution < 1.29 is 28.9 Å². The van der Waals surface area contributed by atoms with Gasteiger partial charge in [0.15, 0.2) is 23.6 Å². The molecule has 1 saturated heterocycles. The number of carboxylic acids is 1. The summed E-state index contributed by atoms with van der Waals surface area (Å²) in [6.45, 7) is 0.384. The average Bonchev–Trinajstić information content (AvgIpc) is 3.45. The third-order valence-electron chi connectivity index (χ3n) is 6.00. The minimum atomic E-state index is -1.18. The van der Waals surface area contributed by atoms with Crippen molar-refractivity contribution >= 4 is 51.8 Å². The van der Waals surface area contributed by atoms with Crippen molar-refractivity contribution in [2.75, 3.05) is 11.5 Å². The van der Waals surface area contributed by atoms with Crippen molar-refractivity contribution in [3.05, 3.63) is 51.9 Å². The number of nitrogens with zero attached hydrogens (tertiary/aromatic N) is 3. The van der Waals surface area contributed by atoms with E-state index in [9.17, 15) is 24.3 Å². The number of Topliss-reactive ketones (excluding diaryl/α,β-unsaturated/α-hetero) is 1. The number of nitrogen functional groups attached to an aromatic ring is 1. The Hall–Kier alpha value is -3.25. The highest BCUT2D eigenvalue weighted by Gasteiger charge is 2.55. The van der Waals surface area contributed by atoms with Gasteiger partial charge in [-0.3, -0.25) is 19.3 Å². The standard InChI is InChI=1S/C21H19N5O5S2/c22-21-23-12(9-33-21)16(27)17(28)24-14-18(29)26-15(20(30)31)11(8-32-19(14)26)7-25-6-2-4-10-3-1-5-13(10)25/h2,4,6,9,14,19H,1,3,5,7-8H2,(H3-,22,23,24,28,30,31)/p+1/t14-,19-/m1/s1. The van der Waals surface area contributed by atoms with Gasteiger partial charge in [0.2, 0.25) is 0 Å². The number of ketones is 1. The maximum absolute atomic E-state index is 12.8. The molecule has 2 aliphatic heterocycles. The van der Waals surface area contributed by atoms with Crippen molar-refractivity contribution in [3.63, 3.8) is 0 Å². The minimum absolute atomic E-state index is 0.0454. The predicted molar refractivity (Wildman–Crippen MR) is 119 cm³/mol. The van der Waals surface area contributed by atoms with Gasteiger partial charge in [-0.2, -0.15) is 4.57 Å². The van der Waals surface area contributed by atoms with Gasteiger partial charge >= 0.3 is 5.97 Å². The van der Waals surface area contributed by atoms with Crippen molar-refractivity contribution in [1.82, 2.24) is 15.2 Å². The summed E-state index contributed by atoms with van der Waals surface area (Å²) in [4.78, 5) is 54.6. The second kappa shape index (κ2) is 8.27. The van der Waals surface area contributed by atoms with Gasteiger partial charge in [0, 0.05) is 34.8 Å². The number of thiazole rings is 1. The van der Waals surface area contributed by atoms with E-state index in [1.54, 1.807) is 0 Å². The molecule has 12 heteroatoms. The van der Waals surface area contributed by atoms with E-state index in [4.69, 9.17) is 5.73 Å². The lowest BCUT2D eigenvalue weighted by Crippen LogP contribution is -2.71. The third kappa shape index (κ3) is 3.68. The second-order valence-electron chi connectivity index (χ2n) is 7.98. The van der Waals surface area contributed by atoms with Crippen LogP contribution in [0.5, 0.6) is 0 Å². The van der Waals surface area contributed by atoms with E-state index in [1.165, 1.54) is 33.3 Å². The van der Waals surface area contributed by atoms with Crippen LogP contribution in [0.4, 0.5) is 5.13 Å².